The molecule has 0 N–H and O–H groups in total. The van der Waals surface area contributed by atoms with Gasteiger partial charge in [0, 0.05) is 36.6 Å². The molecule has 4 rings (SSSR count). The van der Waals surface area contributed by atoms with E-state index in [1.54, 1.807) is 37.3 Å². The summed E-state index contributed by atoms with van der Waals surface area (Å²) in [5.41, 5.74) is 2.76. The largest absolute Gasteiger partial charge is 0.497 e. The molecule has 3 aromatic carbocycles. The monoisotopic (exact) mass is 478 g/mol. The van der Waals surface area contributed by atoms with Crippen molar-refractivity contribution in [1.29, 1.82) is 0 Å². The molecule has 0 fully saturated rings. The maximum atomic E-state index is 13.9. The smallest absolute Gasteiger partial charge is 0.256 e. The Morgan fingerprint density at radius 1 is 0.912 bits per heavy atom. The molecule has 0 aliphatic rings. The molecule has 0 bridgehead atoms. The highest BCUT2D eigenvalue weighted by Gasteiger charge is 2.22. The topological polar surface area (TPSA) is 43.7 Å². The molecule has 174 valence electrons. The molecule has 0 aliphatic heterocycles. The van der Waals surface area contributed by atoms with E-state index in [1.165, 1.54) is 12.1 Å². The number of carbonyl (C=O) groups excluding carboxylic acids is 1. The summed E-state index contributed by atoms with van der Waals surface area (Å²) in [6, 6.07) is 20.9. The van der Waals surface area contributed by atoms with E-state index in [-0.39, 0.29) is 24.0 Å². The minimum absolute atomic E-state index is 0.188. The number of aromatic nitrogens is 1. The highest BCUT2D eigenvalue weighted by atomic mass is 35.5. The molecule has 5 nitrogen and oxygen atoms in total. The summed E-state index contributed by atoms with van der Waals surface area (Å²) >= 11 is 6.31. The average Bonchev–Trinajstić information content (AvgIpc) is 3.39. The highest BCUT2D eigenvalue weighted by Crippen LogP contribution is 2.27. The van der Waals surface area contributed by atoms with Gasteiger partial charge in [0.2, 0.25) is 0 Å². The normalized spacial score (nSPS) is 10.7. The van der Waals surface area contributed by atoms with Crippen molar-refractivity contribution in [3.8, 4) is 17.2 Å². The van der Waals surface area contributed by atoms with E-state index in [2.05, 4.69) is 0 Å². The first-order valence-electron chi connectivity index (χ1n) is 10.7. The van der Waals surface area contributed by atoms with Crippen molar-refractivity contribution in [3.63, 3.8) is 0 Å². The van der Waals surface area contributed by atoms with Gasteiger partial charge in [-0.15, -0.1) is 0 Å². The summed E-state index contributed by atoms with van der Waals surface area (Å²) in [7, 11) is 3.15. The number of rotatable bonds is 8. The average molecular weight is 479 g/mol. The van der Waals surface area contributed by atoms with Crippen LogP contribution in [0.5, 0.6) is 11.5 Å². The molecule has 1 amide bonds. The summed E-state index contributed by atoms with van der Waals surface area (Å²) in [6.45, 7) is 0.456. The molecule has 34 heavy (non-hydrogen) atoms. The number of halogens is 2. The van der Waals surface area contributed by atoms with Gasteiger partial charge in [-0.3, -0.25) is 4.79 Å². The minimum atomic E-state index is -0.429. The van der Waals surface area contributed by atoms with Crippen LogP contribution in [0.4, 0.5) is 4.39 Å². The number of benzene rings is 3. The van der Waals surface area contributed by atoms with Crippen LogP contribution in [0.3, 0.4) is 0 Å². The maximum absolute atomic E-state index is 13.9. The Morgan fingerprint density at radius 2 is 1.59 bits per heavy atom. The zero-order chi connectivity index (χ0) is 24.1. The molecule has 0 saturated carbocycles. The lowest BCUT2D eigenvalue weighted by atomic mass is 10.1. The molecule has 0 spiro atoms. The van der Waals surface area contributed by atoms with E-state index in [1.807, 2.05) is 59.4 Å². The minimum Gasteiger partial charge on any atom is -0.497 e. The van der Waals surface area contributed by atoms with Crippen molar-refractivity contribution in [3.05, 3.63) is 113 Å². The predicted octanol–water partition coefficient (Wildman–Crippen LogP) is 6.13. The second kappa shape index (κ2) is 10.4. The SMILES string of the molecule is COc1cc(CN(Cc2ccc(F)cc2Cl)C(=O)c2ccccc2-n2cccc2)cc(OC)c1. The van der Waals surface area contributed by atoms with Crippen molar-refractivity contribution >= 4 is 17.5 Å². The molecule has 0 radical (unpaired) electrons. The van der Waals surface area contributed by atoms with Crippen molar-refractivity contribution in [2.45, 2.75) is 13.1 Å². The maximum Gasteiger partial charge on any atom is 0.256 e. The van der Waals surface area contributed by atoms with E-state index in [0.717, 1.165) is 11.3 Å². The Kier molecular flexibility index (Phi) is 7.18. The zero-order valence-corrected chi connectivity index (χ0v) is 19.6. The van der Waals surface area contributed by atoms with Gasteiger partial charge in [0.25, 0.3) is 5.91 Å². The summed E-state index contributed by atoms with van der Waals surface area (Å²) in [5.74, 6) is 0.622. The van der Waals surface area contributed by atoms with E-state index in [9.17, 15) is 9.18 Å². The van der Waals surface area contributed by atoms with E-state index >= 15 is 0 Å². The molecular weight excluding hydrogens is 455 g/mol. The quantitative estimate of drug-likeness (QED) is 0.306. The van der Waals surface area contributed by atoms with Gasteiger partial charge in [0.1, 0.15) is 17.3 Å². The lowest BCUT2D eigenvalue weighted by Crippen LogP contribution is -2.31. The molecule has 4 aromatic rings. The number of amides is 1. The van der Waals surface area contributed by atoms with Gasteiger partial charge < -0.3 is 18.9 Å². The van der Waals surface area contributed by atoms with Gasteiger partial charge in [0.05, 0.1) is 25.5 Å². The third kappa shape index (κ3) is 5.24. The Labute approximate surface area is 202 Å². The van der Waals surface area contributed by atoms with Gasteiger partial charge in [0.15, 0.2) is 0 Å². The summed E-state index contributed by atoms with van der Waals surface area (Å²) < 4.78 is 26.3. The van der Waals surface area contributed by atoms with Crippen LogP contribution in [0.2, 0.25) is 5.02 Å². The molecule has 0 unspecified atom stereocenters. The fraction of sp³-hybridized carbons (Fsp3) is 0.148. The van der Waals surface area contributed by atoms with Gasteiger partial charge in [-0.25, -0.2) is 4.39 Å². The van der Waals surface area contributed by atoms with Gasteiger partial charge in [-0.05, 0) is 59.7 Å². The van der Waals surface area contributed by atoms with Crippen LogP contribution in [0.15, 0.2) is 85.2 Å². The first-order valence-corrected chi connectivity index (χ1v) is 11.0. The summed E-state index contributed by atoms with van der Waals surface area (Å²) in [6.07, 6.45) is 3.78. The van der Waals surface area contributed by atoms with Gasteiger partial charge in [-0.1, -0.05) is 29.8 Å². The molecule has 0 atom stereocenters. The number of carbonyl (C=O) groups is 1. The van der Waals surface area contributed by atoms with Crippen molar-refractivity contribution in [2.75, 3.05) is 14.2 Å². The van der Waals surface area contributed by atoms with Crippen LogP contribution in [0, 0.1) is 5.82 Å². The van der Waals surface area contributed by atoms with Crippen LogP contribution >= 0.6 is 11.6 Å². The molecule has 7 heteroatoms. The Balaban J connectivity index is 1.75. The van der Waals surface area contributed by atoms with Crippen LogP contribution in [0.1, 0.15) is 21.5 Å². The van der Waals surface area contributed by atoms with Crippen LogP contribution in [-0.4, -0.2) is 29.6 Å². The van der Waals surface area contributed by atoms with Gasteiger partial charge in [-0.2, -0.15) is 0 Å². The van der Waals surface area contributed by atoms with Crippen LogP contribution in [-0.2, 0) is 13.1 Å². The number of ether oxygens (including phenoxy) is 2. The third-order valence-corrected chi connectivity index (χ3v) is 5.82. The van der Waals surface area contributed by atoms with Crippen molar-refractivity contribution in [2.24, 2.45) is 0 Å². The number of hydrogen-bond acceptors (Lipinski definition) is 3. The third-order valence-electron chi connectivity index (χ3n) is 5.47. The second-order valence-electron chi connectivity index (χ2n) is 7.73. The lowest BCUT2D eigenvalue weighted by molar-refractivity contribution is 0.0730. The van der Waals surface area contributed by atoms with E-state index < -0.39 is 5.82 Å². The Morgan fingerprint density at radius 3 is 2.24 bits per heavy atom. The van der Waals surface area contributed by atoms with Gasteiger partial charge >= 0.3 is 0 Å². The van der Waals surface area contributed by atoms with Crippen molar-refractivity contribution in [1.82, 2.24) is 9.47 Å². The van der Waals surface area contributed by atoms with E-state index in [0.29, 0.717) is 22.6 Å². The predicted molar refractivity (Wildman–Crippen MR) is 130 cm³/mol. The first-order chi connectivity index (χ1) is 16.5. The summed E-state index contributed by atoms with van der Waals surface area (Å²) in [5, 5.41) is 0.264. The zero-order valence-electron chi connectivity index (χ0n) is 18.9. The van der Waals surface area contributed by atoms with Crippen LogP contribution < -0.4 is 9.47 Å². The van der Waals surface area contributed by atoms with Crippen LogP contribution in [0.25, 0.3) is 5.69 Å². The highest BCUT2D eigenvalue weighted by molar-refractivity contribution is 6.31. The number of para-hydroxylation sites is 1. The molecule has 0 saturated heterocycles. The lowest BCUT2D eigenvalue weighted by Gasteiger charge is -2.25. The molecule has 1 heterocycles. The number of nitrogens with zero attached hydrogens (tertiary/aromatic N) is 2. The fourth-order valence-electron chi connectivity index (χ4n) is 3.78. The first kappa shape index (κ1) is 23.4. The Hall–Kier alpha value is -3.77. The van der Waals surface area contributed by atoms with E-state index in [4.69, 9.17) is 21.1 Å². The standard InChI is InChI=1S/C27H24ClFN2O3/c1-33-22-13-19(14-23(16-22)34-2)17-31(18-20-9-10-21(29)15-25(20)28)27(32)24-7-3-4-8-26(24)30-11-5-6-12-30/h3-16H,17-18H2,1-2H3. The second-order valence-corrected chi connectivity index (χ2v) is 8.13. The summed E-state index contributed by atoms with van der Waals surface area (Å²) in [4.78, 5) is 15.6. The molecule has 0 aliphatic carbocycles. The number of methoxy groups -OCH3 is 2. The molecule has 1 aromatic heterocycles. The fourth-order valence-corrected chi connectivity index (χ4v) is 4.01. The van der Waals surface area contributed by atoms with Crippen molar-refractivity contribution < 1.29 is 18.7 Å². The molecular formula is C27H24ClFN2O3. The Bertz CT molecular complexity index is 1270. The number of hydrogen-bond donors (Lipinski definition) is 0.